The normalized spacial score (nSPS) is 17.0. The summed E-state index contributed by atoms with van der Waals surface area (Å²) >= 11 is 0. The first-order valence-electron chi connectivity index (χ1n) is 2.70. The maximum atomic E-state index is 11.8. The van der Waals surface area contributed by atoms with E-state index in [9.17, 15) is 13.2 Å². The summed E-state index contributed by atoms with van der Waals surface area (Å²) in [6.45, 7) is 1.69. The lowest BCUT2D eigenvalue weighted by atomic mass is 9.75. The van der Waals surface area contributed by atoms with Gasteiger partial charge in [0, 0.05) is 6.00 Å². The SMILES string of the molecule is [B]C(O)C(C)(C)C(F)(F)F. The van der Waals surface area contributed by atoms with Crippen LogP contribution in [0.25, 0.3) is 0 Å². The summed E-state index contributed by atoms with van der Waals surface area (Å²) in [5.41, 5.74) is -2.23. The fourth-order valence-electron chi connectivity index (χ4n) is 0.168. The molecule has 58 valence electrons. The highest BCUT2D eigenvalue weighted by molar-refractivity contribution is 6.11. The van der Waals surface area contributed by atoms with Crippen molar-refractivity contribution in [1.29, 1.82) is 0 Å². The molecule has 0 spiro atoms. The Hall–Kier alpha value is -0.185. The molecule has 1 N–H and O–H groups in total. The van der Waals surface area contributed by atoms with Crippen molar-refractivity contribution in [2.24, 2.45) is 5.41 Å². The summed E-state index contributed by atoms with van der Waals surface area (Å²) in [6.07, 6.45) is -4.46. The fourth-order valence-corrected chi connectivity index (χ4v) is 0.168. The lowest BCUT2D eigenvalue weighted by Gasteiger charge is -2.30. The monoisotopic (exact) mass is 152 g/mol. The van der Waals surface area contributed by atoms with Crippen molar-refractivity contribution in [3.05, 3.63) is 0 Å². The summed E-state index contributed by atoms with van der Waals surface area (Å²) in [7, 11) is 4.69. The van der Waals surface area contributed by atoms with E-state index in [-0.39, 0.29) is 0 Å². The Labute approximate surface area is 58.6 Å². The van der Waals surface area contributed by atoms with Crippen LogP contribution in [0.3, 0.4) is 0 Å². The Morgan fingerprint density at radius 2 is 1.60 bits per heavy atom. The van der Waals surface area contributed by atoms with Gasteiger partial charge in [-0.25, -0.2) is 0 Å². The number of alkyl halides is 3. The van der Waals surface area contributed by atoms with Crippen molar-refractivity contribution >= 4 is 7.85 Å². The molecule has 0 fully saturated rings. The Bertz CT molecular complexity index is 119. The van der Waals surface area contributed by atoms with E-state index in [1.807, 2.05) is 0 Å². The number of hydrogen-bond donors (Lipinski definition) is 1. The van der Waals surface area contributed by atoms with Crippen LogP contribution in [0, 0.1) is 5.41 Å². The second kappa shape index (κ2) is 2.45. The minimum atomic E-state index is -4.46. The smallest absolute Gasteiger partial charge is 0.395 e. The topological polar surface area (TPSA) is 20.2 Å². The van der Waals surface area contributed by atoms with Crippen LogP contribution in [0.2, 0.25) is 0 Å². The minimum absolute atomic E-state index is 0.845. The molecule has 0 aromatic carbocycles. The molecule has 1 unspecified atom stereocenters. The van der Waals surface area contributed by atoms with Crippen molar-refractivity contribution < 1.29 is 18.3 Å². The molecule has 1 nitrogen and oxygen atoms in total. The van der Waals surface area contributed by atoms with E-state index in [2.05, 4.69) is 0 Å². The molecular weight excluding hydrogens is 144 g/mol. The Morgan fingerprint density at radius 3 is 1.60 bits per heavy atom. The van der Waals surface area contributed by atoms with Gasteiger partial charge in [-0.3, -0.25) is 0 Å². The van der Waals surface area contributed by atoms with Gasteiger partial charge in [-0.2, -0.15) is 13.2 Å². The number of aliphatic hydroxyl groups excluding tert-OH is 1. The zero-order valence-electron chi connectivity index (χ0n) is 5.74. The molecule has 0 aliphatic carbocycles. The van der Waals surface area contributed by atoms with Crippen molar-refractivity contribution in [2.75, 3.05) is 0 Å². The lowest BCUT2D eigenvalue weighted by molar-refractivity contribution is -0.229. The summed E-state index contributed by atoms with van der Waals surface area (Å²) < 4.78 is 35.5. The third-order valence-corrected chi connectivity index (χ3v) is 1.47. The molecule has 0 bridgehead atoms. The van der Waals surface area contributed by atoms with Crippen LogP contribution in [0.1, 0.15) is 13.8 Å². The van der Waals surface area contributed by atoms with E-state index in [4.69, 9.17) is 13.0 Å². The van der Waals surface area contributed by atoms with Gasteiger partial charge in [0.05, 0.1) is 5.41 Å². The molecule has 2 radical (unpaired) electrons. The zero-order chi connectivity index (χ0) is 8.58. The van der Waals surface area contributed by atoms with Crippen LogP contribution in [0.15, 0.2) is 0 Å². The van der Waals surface area contributed by atoms with Crippen LogP contribution >= 0.6 is 0 Å². The molecule has 0 saturated carbocycles. The van der Waals surface area contributed by atoms with Crippen LogP contribution in [-0.2, 0) is 0 Å². The third kappa shape index (κ3) is 1.65. The van der Waals surface area contributed by atoms with E-state index >= 15 is 0 Å². The van der Waals surface area contributed by atoms with Crippen LogP contribution < -0.4 is 0 Å². The molecule has 1 atom stereocenters. The molecule has 0 saturated heterocycles. The largest absolute Gasteiger partial charge is 0.402 e. The average Bonchev–Trinajstić information content (AvgIpc) is 1.62. The highest BCUT2D eigenvalue weighted by Crippen LogP contribution is 2.39. The first-order chi connectivity index (χ1) is 4.19. The summed E-state index contributed by atoms with van der Waals surface area (Å²) in [6, 6.07) is -1.87. The van der Waals surface area contributed by atoms with Crippen LogP contribution in [0.5, 0.6) is 0 Å². The zero-order valence-corrected chi connectivity index (χ0v) is 5.74. The van der Waals surface area contributed by atoms with Gasteiger partial charge >= 0.3 is 6.18 Å². The van der Waals surface area contributed by atoms with Gasteiger partial charge in [-0.1, -0.05) is 0 Å². The van der Waals surface area contributed by atoms with Crippen molar-refractivity contribution in [1.82, 2.24) is 0 Å². The molecule has 0 aromatic rings. The standard InChI is InChI=1S/C5H8BF3O/c1-4(2,3(6)10)5(7,8)9/h3,10H,1-2H3. The molecule has 5 heteroatoms. The third-order valence-electron chi connectivity index (χ3n) is 1.47. The van der Waals surface area contributed by atoms with E-state index in [0.717, 1.165) is 13.8 Å². The molecule has 10 heavy (non-hydrogen) atoms. The number of hydrogen-bond acceptors (Lipinski definition) is 1. The highest BCUT2D eigenvalue weighted by Gasteiger charge is 2.49. The second-order valence-electron chi connectivity index (χ2n) is 2.66. The van der Waals surface area contributed by atoms with Crippen LogP contribution in [0.4, 0.5) is 13.2 Å². The van der Waals surface area contributed by atoms with Gasteiger partial charge in [0.15, 0.2) is 0 Å². The van der Waals surface area contributed by atoms with Gasteiger partial charge in [0.1, 0.15) is 7.85 Å². The fraction of sp³-hybridized carbons (Fsp3) is 1.00. The Morgan fingerprint density at radius 1 is 1.30 bits per heavy atom. The average molecular weight is 152 g/mol. The van der Waals surface area contributed by atoms with E-state index < -0.39 is 17.6 Å². The predicted molar refractivity (Wildman–Crippen MR) is 31.6 cm³/mol. The minimum Gasteiger partial charge on any atom is -0.402 e. The first-order valence-corrected chi connectivity index (χ1v) is 2.70. The summed E-state index contributed by atoms with van der Waals surface area (Å²) in [5.74, 6) is 0. The van der Waals surface area contributed by atoms with Gasteiger partial charge < -0.3 is 5.11 Å². The number of aliphatic hydroxyl groups is 1. The molecule has 0 aliphatic heterocycles. The predicted octanol–water partition coefficient (Wildman–Crippen LogP) is 1.06. The number of rotatable bonds is 1. The molecule has 0 rings (SSSR count). The maximum absolute atomic E-state index is 11.8. The molecule has 0 amide bonds. The lowest BCUT2D eigenvalue weighted by Crippen LogP contribution is -2.42. The van der Waals surface area contributed by atoms with E-state index in [1.54, 1.807) is 0 Å². The Kier molecular flexibility index (Phi) is 2.41. The van der Waals surface area contributed by atoms with Gasteiger partial charge in [-0.05, 0) is 13.8 Å². The van der Waals surface area contributed by atoms with E-state index in [1.165, 1.54) is 0 Å². The number of halogens is 3. The summed E-state index contributed by atoms with van der Waals surface area (Å²) in [4.78, 5) is 0. The van der Waals surface area contributed by atoms with Gasteiger partial charge in [-0.15, -0.1) is 0 Å². The molecule has 0 aliphatic rings. The highest BCUT2D eigenvalue weighted by atomic mass is 19.4. The van der Waals surface area contributed by atoms with Crippen LogP contribution in [-0.4, -0.2) is 25.1 Å². The molecular formula is C5H8BF3O. The maximum Gasteiger partial charge on any atom is 0.395 e. The van der Waals surface area contributed by atoms with Gasteiger partial charge in [0.25, 0.3) is 0 Å². The second-order valence-corrected chi connectivity index (χ2v) is 2.66. The quantitative estimate of drug-likeness (QED) is 0.557. The Balaban J connectivity index is 4.40. The van der Waals surface area contributed by atoms with Crippen molar-refractivity contribution in [2.45, 2.75) is 26.0 Å². The molecule has 0 aromatic heterocycles. The first kappa shape index (κ1) is 9.81. The van der Waals surface area contributed by atoms with Crippen molar-refractivity contribution in [3.8, 4) is 0 Å². The van der Waals surface area contributed by atoms with Gasteiger partial charge in [0.2, 0.25) is 0 Å². The summed E-state index contributed by atoms with van der Waals surface area (Å²) in [5, 5.41) is 8.47. The molecule has 0 heterocycles. The van der Waals surface area contributed by atoms with E-state index in [0.29, 0.717) is 0 Å². The van der Waals surface area contributed by atoms with Crippen molar-refractivity contribution in [3.63, 3.8) is 0 Å².